The molecule has 2 aliphatic rings. The van der Waals surface area contributed by atoms with Crippen LogP contribution in [0.4, 0.5) is 5.69 Å². The topological polar surface area (TPSA) is 89.8 Å². The Hall–Kier alpha value is -2.35. The summed E-state index contributed by atoms with van der Waals surface area (Å²) in [6.07, 6.45) is 0.939. The molecule has 1 saturated heterocycles. The normalized spacial score (nSPS) is 17.4. The number of halogens is 3. The number of likely N-dealkylation sites (tertiary alicyclic amines) is 1. The van der Waals surface area contributed by atoms with E-state index >= 15 is 0 Å². The van der Waals surface area contributed by atoms with Crippen molar-refractivity contribution >= 4 is 52.2 Å². The molecule has 156 valence electrons. The predicted octanol–water partition coefficient (Wildman–Crippen LogP) is 5.20. The predicted molar refractivity (Wildman–Crippen MR) is 112 cm³/mol. The van der Waals surface area contributed by atoms with Crippen molar-refractivity contribution in [3.05, 3.63) is 66.6 Å². The first kappa shape index (κ1) is 20.9. The summed E-state index contributed by atoms with van der Waals surface area (Å²) in [6, 6.07) is 7.02. The number of Topliss-reactive ketones (excluding diaryl/α,β-unsaturated/α-hetero) is 1. The van der Waals surface area contributed by atoms with E-state index in [4.69, 9.17) is 39.5 Å². The van der Waals surface area contributed by atoms with Gasteiger partial charge in [0, 0.05) is 42.0 Å². The van der Waals surface area contributed by atoms with Crippen molar-refractivity contribution in [1.29, 1.82) is 0 Å². The zero-order valence-corrected chi connectivity index (χ0v) is 17.8. The van der Waals surface area contributed by atoms with E-state index in [9.17, 15) is 19.7 Å². The van der Waals surface area contributed by atoms with Crippen LogP contribution in [0.1, 0.15) is 40.0 Å². The van der Waals surface area contributed by atoms with Gasteiger partial charge in [-0.15, -0.1) is 0 Å². The van der Waals surface area contributed by atoms with Gasteiger partial charge in [0.05, 0.1) is 21.9 Å². The lowest BCUT2D eigenvalue weighted by molar-refractivity contribution is -0.385. The van der Waals surface area contributed by atoms with Gasteiger partial charge in [0.2, 0.25) is 0 Å². The molecule has 1 spiro atoms. The fraction of sp³-hybridized carbons (Fsp3) is 0.300. The highest BCUT2D eigenvalue weighted by atomic mass is 35.5. The standard InChI is InChI=1S/C20H15Cl3N2O5/c21-11-1-2-13(16(9-11)25(28)29)19(27)24-5-3-20(4-6-24)10-17(26)14-7-12(22)8-15(23)18(14)30-20/h1-2,7-9H,3-6,10H2. The lowest BCUT2D eigenvalue weighted by Gasteiger charge is -2.44. The lowest BCUT2D eigenvalue weighted by atomic mass is 9.82. The van der Waals surface area contributed by atoms with E-state index in [1.54, 1.807) is 0 Å². The Balaban J connectivity index is 1.54. The van der Waals surface area contributed by atoms with Crippen LogP contribution in [0.15, 0.2) is 30.3 Å². The maximum absolute atomic E-state index is 12.9. The van der Waals surface area contributed by atoms with Crippen LogP contribution in [0.25, 0.3) is 0 Å². The summed E-state index contributed by atoms with van der Waals surface area (Å²) in [7, 11) is 0. The third-order valence-electron chi connectivity index (χ3n) is 5.46. The number of ketones is 1. The Labute approximate surface area is 186 Å². The first-order chi connectivity index (χ1) is 14.2. The second kappa shape index (κ2) is 7.72. The number of benzene rings is 2. The SMILES string of the molecule is O=C1CC2(CCN(C(=O)c3ccc(Cl)cc3[N+](=O)[O-])CC2)Oc2c(Cl)cc(Cl)cc21. The number of nitrogens with zero attached hydrogens (tertiary/aromatic N) is 2. The Morgan fingerprint density at radius 1 is 1.10 bits per heavy atom. The fourth-order valence-corrected chi connectivity index (χ4v) is 4.61. The average Bonchev–Trinajstić information content (AvgIpc) is 2.69. The monoisotopic (exact) mass is 468 g/mol. The van der Waals surface area contributed by atoms with Crippen molar-refractivity contribution in [2.24, 2.45) is 0 Å². The molecule has 4 rings (SSSR count). The number of carbonyl (C=O) groups is 2. The molecule has 30 heavy (non-hydrogen) atoms. The molecule has 0 aromatic heterocycles. The molecule has 2 aliphatic heterocycles. The van der Waals surface area contributed by atoms with Gasteiger partial charge in [-0.3, -0.25) is 19.7 Å². The van der Waals surface area contributed by atoms with Gasteiger partial charge in [0.15, 0.2) is 5.78 Å². The molecule has 1 fully saturated rings. The van der Waals surface area contributed by atoms with Crippen molar-refractivity contribution in [3.63, 3.8) is 0 Å². The van der Waals surface area contributed by atoms with E-state index in [0.29, 0.717) is 29.2 Å². The van der Waals surface area contributed by atoms with Gasteiger partial charge in [0.25, 0.3) is 11.6 Å². The Kier molecular flexibility index (Phi) is 5.38. The quantitative estimate of drug-likeness (QED) is 0.446. The molecule has 0 radical (unpaired) electrons. The van der Waals surface area contributed by atoms with Gasteiger partial charge < -0.3 is 9.64 Å². The van der Waals surface area contributed by atoms with Gasteiger partial charge >= 0.3 is 0 Å². The number of fused-ring (bicyclic) bond motifs is 1. The summed E-state index contributed by atoms with van der Waals surface area (Å²) in [6.45, 7) is 0.568. The number of nitro groups is 1. The fourth-order valence-electron chi connectivity index (χ4n) is 3.91. The minimum Gasteiger partial charge on any atom is -0.484 e. The molecular weight excluding hydrogens is 455 g/mol. The van der Waals surface area contributed by atoms with Gasteiger partial charge in [-0.1, -0.05) is 34.8 Å². The second-order valence-corrected chi connectivity index (χ2v) is 8.64. The minimum absolute atomic E-state index is 0.0241. The van der Waals surface area contributed by atoms with E-state index in [2.05, 4.69) is 0 Å². The molecule has 1 amide bonds. The highest BCUT2D eigenvalue weighted by molar-refractivity contribution is 6.36. The highest BCUT2D eigenvalue weighted by Gasteiger charge is 2.45. The molecule has 2 aromatic carbocycles. The van der Waals surface area contributed by atoms with Gasteiger partial charge in [-0.05, 0) is 24.3 Å². The van der Waals surface area contributed by atoms with Crippen molar-refractivity contribution < 1.29 is 19.2 Å². The summed E-state index contributed by atoms with van der Waals surface area (Å²) < 4.78 is 6.15. The molecule has 0 bridgehead atoms. The van der Waals surface area contributed by atoms with Crippen LogP contribution in [0, 0.1) is 10.1 Å². The smallest absolute Gasteiger partial charge is 0.283 e. The van der Waals surface area contributed by atoms with Crippen LogP contribution >= 0.6 is 34.8 Å². The van der Waals surface area contributed by atoms with E-state index in [-0.39, 0.29) is 46.6 Å². The lowest BCUT2D eigenvalue weighted by Crippen LogP contribution is -2.52. The molecule has 7 nitrogen and oxygen atoms in total. The minimum atomic E-state index is -0.774. The first-order valence-corrected chi connectivity index (χ1v) is 10.3. The number of rotatable bonds is 2. The summed E-state index contributed by atoms with van der Waals surface area (Å²) in [5.74, 6) is -0.264. The van der Waals surface area contributed by atoms with Gasteiger partial charge in [-0.25, -0.2) is 0 Å². The van der Waals surface area contributed by atoms with E-state index < -0.39 is 16.4 Å². The van der Waals surface area contributed by atoms with Crippen molar-refractivity contribution in [1.82, 2.24) is 4.90 Å². The van der Waals surface area contributed by atoms with Crippen LogP contribution < -0.4 is 4.74 Å². The van der Waals surface area contributed by atoms with Crippen molar-refractivity contribution in [3.8, 4) is 5.75 Å². The zero-order valence-electron chi connectivity index (χ0n) is 15.5. The first-order valence-electron chi connectivity index (χ1n) is 9.14. The number of ether oxygens (including phenoxy) is 1. The molecule has 0 aliphatic carbocycles. The van der Waals surface area contributed by atoms with Crippen LogP contribution in [0.3, 0.4) is 0 Å². The van der Waals surface area contributed by atoms with E-state index in [0.717, 1.165) is 6.07 Å². The average molecular weight is 470 g/mol. The molecule has 0 N–H and O–H groups in total. The second-order valence-electron chi connectivity index (χ2n) is 7.36. The Morgan fingerprint density at radius 2 is 1.80 bits per heavy atom. The number of piperidine rings is 1. The molecular formula is C20H15Cl3N2O5. The molecule has 10 heteroatoms. The van der Waals surface area contributed by atoms with Crippen LogP contribution in [0.5, 0.6) is 5.75 Å². The van der Waals surface area contributed by atoms with E-state index in [1.807, 2.05) is 0 Å². The third kappa shape index (κ3) is 3.73. The summed E-state index contributed by atoms with van der Waals surface area (Å²) in [5, 5.41) is 12.1. The summed E-state index contributed by atoms with van der Waals surface area (Å²) in [4.78, 5) is 37.8. The zero-order chi connectivity index (χ0) is 21.6. The van der Waals surface area contributed by atoms with Crippen molar-refractivity contribution in [2.45, 2.75) is 24.9 Å². The van der Waals surface area contributed by atoms with E-state index in [1.165, 1.54) is 29.2 Å². The number of carbonyl (C=O) groups excluding carboxylic acids is 2. The Bertz CT molecular complexity index is 1080. The van der Waals surface area contributed by atoms with Crippen LogP contribution in [0.2, 0.25) is 15.1 Å². The number of hydrogen-bond donors (Lipinski definition) is 0. The largest absolute Gasteiger partial charge is 0.484 e. The maximum atomic E-state index is 12.9. The molecule has 2 aromatic rings. The van der Waals surface area contributed by atoms with Crippen LogP contribution in [-0.4, -0.2) is 40.2 Å². The molecule has 0 atom stereocenters. The van der Waals surface area contributed by atoms with Crippen LogP contribution in [-0.2, 0) is 0 Å². The number of nitro benzene ring substituents is 1. The van der Waals surface area contributed by atoms with Gasteiger partial charge in [-0.2, -0.15) is 0 Å². The Morgan fingerprint density at radius 3 is 2.47 bits per heavy atom. The molecule has 0 saturated carbocycles. The summed E-state index contributed by atoms with van der Waals surface area (Å²) >= 11 is 18.1. The highest BCUT2D eigenvalue weighted by Crippen LogP contribution is 2.44. The summed E-state index contributed by atoms with van der Waals surface area (Å²) in [5.41, 5.74) is -0.781. The van der Waals surface area contributed by atoms with Gasteiger partial charge in [0.1, 0.15) is 16.9 Å². The number of amides is 1. The van der Waals surface area contributed by atoms with Crippen molar-refractivity contribution in [2.75, 3.05) is 13.1 Å². The molecule has 0 unspecified atom stereocenters. The third-order valence-corrected chi connectivity index (χ3v) is 6.19. The molecule has 2 heterocycles. The number of hydrogen-bond acceptors (Lipinski definition) is 5. The maximum Gasteiger partial charge on any atom is 0.283 e.